The Morgan fingerprint density at radius 1 is 1.00 bits per heavy atom. The Kier molecular flexibility index (Phi) is 3.95. The first-order valence-electron chi connectivity index (χ1n) is 6.13. The van der Waals surface area contributed by atoms with Crippen molar-refractivity contribution < 1.29 is 0 Å². The van der Waals surface area contributed by atoms with Crippen LogP contribution in [-0.4, -0.2) is 13.1 Å². The SMILES string of the molecule is N#CCCN(CCC#N)c1c(-c2ccccc2)c1=O. The first kappa shape index (κ1) is 12.9. The van der Waals surface area contributed by atoms with E-state index in [1.807, 2.05) is 35.2 Å². The molecular formula is C15H13N3O. The van der Waals surface area contributed by atoms with Gasteiger partial charge in [0.1, 0.15) is 0 Å². The monoisotopic (exact) mass is 251 g/mol. The van der Waals surface area contributed by atoms with Gasteiger partial charge in [-0.15, -0.1) is 0 Å². The number of nitriles is 2. The average Bonchev–Trinajstić information content (AvgIpc) is 3.11. The van der Waals surface area contributed by atoms with Crippen LogP contribution in [0.4, 0.5) is 5.69 Å². The summed E-state index contributed by atoms with van der Waals surface area (Å²) in [7, 11) is 0. The van der Waals surface area contributed by atoms with Crippen LogP contribution in [0.3, 0.4) is 0 Å². The fourth-order valence-electron chi connectivity index (χ4n) is 2.04. The van der Waals surface area contributed by atoms with Crippen LogP contribution in [0.15, 0.2) is 35.1 Å². The summed E-state index contributed by atoms with van der Waals surface area (Å²) in [5.41, 5.74) is 2.32. The summed E-state index contributed by atoms with van der Waals surface area (Å²) >= 11 is 0. The van der Waals surface area contributed by atoms with Crippen molar-refractivity contribution >= 4 is 5.69 Å². The van der Waals surface area contributed by atoms with Gasteiger partial charge < -0.3 is 4.90 Å². The topological polar surface area (TPSA) is 67.9 Å². The van der Waals surface area contributed by atoms with Gasteiger partial charge >= 0.3 is 0 Å². The Hall–Kier alpha value is -2.59. The van der Waals surface area contributed by atoms with Crippen molar-refractivity contribution in [2.24, 2.45) is 0 Å². The van der Waals surface area contributed by atoms with Crippen LogP contribution in [0.1, 0.15) is 12.8 Å². The van der Waals surface area contributed by atoms with Crippen LogP contribution in [0.5, 0.6) is 0 Å². The molecule has 0 bridgehead atoms. The van der Waals surface area contributed by atoms with Crippen LogP contribution >= 0.6 is 0 Å². The Morgan fingerprint density at radius 2 is 1.58 bits per heavy atom. The van der Waals surface area contributed by atoms with Crippen molar-refractivity contribution in [1.82, 2.24) is 0 Å². The second kappa shape index (κ2) is 5.84. The minimum absolute atomic E-state index is 0.0297. The van der Waals surface area contributed by atoms with E-state index in [-0.39, 0.29) is 5.43 Å². The van der Waals surface area contributed by atoms with E-state index in [9.17, 15) is 4.79 Å². The van der Waals surface area contributed by atoms with Crippen LogP contribution in [-0.2, 0) is 0 Å². The molecule has 0 atom stereocenters. The first-order valence-corrected chi connectivity index (χ1v) is 6.13. The van der Waals surface area contributed by atoms with E-state index in [0.717, 1.165) is 11.1 Å². The second-order valence-electron chi connectivity index (χ2n) is 4.22. The van der Waals surface area contributed by atoms with Gasteiger partial charge in [-0.2, -0.15) is 10.5 Å². The summed E-state index contributed by atoms with van der Waals surface area (Å²) < 4.78 is 0. The molecular weight excluding hydrogens is 238 g/mol. The molecule has 0 saturated heterocycles. The van der Waals surface area contributed by atoms with Gasteiger partial charge in [0.05, 0.1) is 36.2 Å². The van der Waals surface area contributed by atoms with Gasteiger partial charge in [-0.05, 0) is 5.56 Å². The molecule has 94 valence electrons. The Bertz CT molecular complexity index is 621. The summed E-state index contributed by atoms with van der Waals surface area (Å²) in [4.78, 5) is 13.7. The van der Waals surface area contributed by atoms with E-state index in [2.05, 4.69) is 12.1 Å². The number of nitrogens with zero attached hydrogens (tertiary/aromatic N) is 3. The number of rotatable bonds is 6. The molecule has 2 rings (SSSR count). The number of hydrogen-bond acceptors (Lipinski definition) is 4. The smallest absolute Gasteiger partial charge is 0.212 e. The highest BCUT2D eigenvalue weighted by molar-refractivity contribution is 5.90. The quantitative estimate of drug-likeness (QED) is 0.789. The highest BCUT2D eigenvalue weighted by Gasteiger charge is 2.28. The Balaban J connectivity index is 2.18. The highest BCUT2D eigenvalue weighted by Crippen LogP contribution is 2.33. The summed E-state index contributed by atoms with van der Waals surface area (Å²) in [5.74, 6) is 0. The lowest BCUT2D eigenvalue weighted by Crippen LogP contribution is -2.24. The van der Waals surface area contributed by atoms with Crippen molar-refractivity contribution in [2.75, 3.05) is 18.0 Å². The number of anilines is 1. The minimum atomic E-state index is 0.0297. The Labute approximate surface area is 111 Å². The molecule has 0 aliphatic rings. The van der Waals surface area contributed by atoms with Crippen molar-refractivity contribution in [3.8, 4) is 23.3 Å². The molecule has 0 N–H and O–H groups in total. The second-order valence-corrected chi connectivity index (χ2v) is 4.22. The lowest BCUT2D eigenvalue weighted by molar-refractivity contribution is 0.803. The van der Waals surface area contributed by atoms with Gasteiger partial charge in [-0.25, -0.2) is 0 Å². The molecule has 0 radical (unpaired) electrons. The summed E-state index contributed by atoms with van der Waals surface area (Å²) in [5, 5.41) is 17.3. The number of hydrogen-bond donors (Lipinski definition) is 0. The molecule has 4 nitrogen and oxygen atoms in total. The first-order chi connectivity index (χ1) is 9.29. The third-order valence-corrected chi connectivity index (χ3v) is 2.98. The average molecular weight is 251 g/mol. The van der Waals surface area contributed by atoms with Gasteiger partial charge in [0.2, 0.25) is 5.43 Å². The van der Waals surface area contributed by atoms with Crippen LogP contribution in [0.2, 0.25) is 0 Å². The maximum Gasteiger partial charge on any atom is 0.212 e. The van der Waals surface area contributed by atoms with Crippen LogP contribution < -0.4 is 10.3 Å². The van der Waals surface area contributed by atoms with E-state index >= 15 is 0 Å². The zero-order chi connectivity index (χ0) is 13.7. The van der Waals surface area contributed by atoms with Crippen LogP contribution in [0.25, 0.3) is 11.1 Å². The zero-order valence-electron chi connectivity index (χ0n) is 10.5. The van der Waals surface area contributed by atoms with Crippen molar-refractivity contribution in [3.63, 3.8) is 0 Å². The molecule has 0 aliphatic heterocycles. The lowest BCUT2D eigenvalue weighted by Gasteiger charge is -2.17. The standard InChI is InChI=1S/C15H13N3O/c16-8-4-10-18(11-5-9-17)14-13(15(14)19)12-6-2-1-3-7-12/h1-3,6-7H,4-5,10-11H2. The van der Waals surface area contributed by atoms with Gasteiger partial charge in [0.25, 0.3) is 0 Å². The molecule has 0 aromatic heterocycles. The molecule has 0 spiro atoms. The maximum atomic E-state index is 11.9. The normalized spacial score (nSPS) is 10.0. The van der Waals surface area contributed by atoms with E-state index in [1.165, 1.54) is 0 Å². The molecule has 0 heterocycles. The lowest BCUT2D eigenvalue weighted by atomic mass is 10.2. The predicted molar refractivity (Wildman–Crippen MR) is 73.2 cm³/mol. The van der Waals surface area contributed by atoms with E-state index in [1.54, 1.807) is 0 Å². The fraction of sp³-hybridized carbons (Fsp3) is 0.267. The Morgan fingerprint density at radius 3 is 2.11 bits per heavy atom. The van der Waals surface area contributed by atoms with Gasteiger partial charge in [-0.1, -0.05) is 30.3 Å². The van der Waals surface area contributed by atoms with Crippen molar-refractivity contribution in [2.45, 2.75) is 12.8 Å². The van der Waals surface area contributed by atoms with Gasteiger partial charge in [0.15, 0.2) is 0 Å². The summed E-state index contributed by atoms with van der Waals surface area (Å²) in [6.45, 7) is 0.991. The molecule has 2 aromatic carbocycles. The van der Waals surface area contributed by atoms with Crippen molar-refractivity contribution in [3.05, 3.63) is 40.6 Å². The van der Waals surface area contributed by atoms with Crippen LogP contribution in [0, 0.1) is 22.7 Å². The number of benzene rings is 1. The third-order valence-electron chi connectivity index (χ3n) is 2.98. The van der Waals surface area contributed by atoms with E-state index < -0.39 is 0 Å². The minimum Gasteiger partial charge on any atom is -0.366 e. The fourth-order valence-corrected chi connectivity index (χ4v) is 2.04. The van der Waals surface area contributed by atoms with Gasteiger partial charge in [0, 0.05) is 13.1 Å². The summed E-state index contributed by atoms with van der Waals surface area (Å²) in [6, 6.07) is 13.6. The molecule has 0 aliphatic carbocycles. The maximum absolute atomic E-state index is 11.9. The largest absolute Gasteiger partial charge is 0.366 e. The van der Waals surface area contributed by atoms with Crippen molar-refractivity contribution in [1.29, 1.82) is 10.5 Å². The zero-order valence-corrected chi connectivity index (χ0v) is 10.5. The summed E-state index contributed by atoms with van der Waals surface area (Å²) in [6.07, 6.45) is 0.703. The van der Waals surface area contributed by atoms with E-state index in [0.29, 0.717) is 31.6 Å². The van der Waals surface area contributed by atoms with Gasteiger partial charge in [-0.3, -0.25) is 4.79 Å². The molecule has 0 saturated carbocycles. The molecule has 4 heteroatoms. The molecule has 0 fully saturated rings. The van der Waals surface area contributed by atoms with E-state index in [4.69, 9.17) is 10.5 Å². The molecule has 0 amide bonds. The molecule has 0 unspecified atom stereocenters. The predicted octanol–water partition coefficient (Wildman–Crippen LogP) is 2.22. The third kappa shape index (κ3) is 2.81. The highest BCUT2D eigenvalue weighted by atomic mass is 16.1. The molecule has 19 heavy (non-hydrogen) atoms. The molecule has 2 aromatic rings.